The molecule has 1 amide bonds. The van der Waals surface area contributed by atoms with Crippen molar-refractivity contribution < 1.29 is 9.90 Å². The number of aliphatic hydroxyl groups is 1. The molecule has 1 aromatic rings. The van der Waals surface area contributed by atoms with Crippen molar-refractivity contribution >= 4 is 11.6 Å². The fourth-order valence-corrected chi connectivity index (χ4v) is 2.82. The van der Waals surface area contributed by atoms with Gasteiger partial charge in [-0.3, -0.25) is 9.69 Å². The molecule has 1 fully saturated rings. The number of hydrogen-bond acceptors (Lipinski definition) is 3. The Kier molecular flexibility index (Phi) is 5.56. The van der Waals surface area contributed by atoms with Crippen LogP contribution < -0.4 is 4.90 Å². The van der Waals surface area contributed by atoms with Gasteiger partial charge in [-0.05, 0) is 37.9 Å². The van der Waals surface area contributed by atoms with Crippen LogP contribution in [0.25, 0.3) is 0 Å². The molecule has 4 nitrogen and oxygen atoms in total. The van der Waals surface area contributed by atoms with Gasteiger partial charge < -0.3 is 10.0 Å². The summed E-state index contributed by atoms with van der Waals surface area (Å²) in [5.41, 5.74) is 0.924. The van der Waals surface area contributed by atoms with Crippen LogP contribution in [-0.4, -0.2) is 48.7 Å². The Bertz CT molecular complexity index is 420. The Balaban J connectivity index is 1.95. The van der Waals surface area contributed by atoms with Gasteiger partial charge in [0.2, 0.25) is 5.91 Å². The number of hydrogen-bond donors (Lipinski definition) is 1. The maximum absolute atomic E-state index is 12.4. The number of amides is 1. The van der Waals surface area contributed by atoms with Gasteiger partial charge in [-0.25, -0.2) is 0 Å². The highest BCUT2D eigenvalue weighted by Gasteiger charge is 2.25. The lowest BCUT2D eigenvalue weighted by Crippen LogP contribution is -2.46. The van der Waals surface area contributed by atoms with E-state index >= 15 is 0 Å². The number of anilines is 1. The third kappa shape index (κ3) is 3.81. The molecule has 0 bridgehead atoms. The number of likely N-dealkylation sites (N-methyl/N-ethyl adjacent to an activating group) is 1. The number of carbonyl (C=O) groups excluding carboxylic acids is 1. The highest BCUT2D eigenvalue weighted by Crippen LogP contribution is 2.20. The number of rotatable bonds is 5. The molecular formula is C16H24N2O2. The van der Waals surface area contributed by atoms with Gasteiger partial charge in [0.05, 0.1) is 6.54 Å². The summed E-state index contributed by atoms with van der Waals surface area (Å²) < 4.78 is 0. The van der Waals surface area contributed by atoms with Crippen LogP contribution in [0.15, 0.2) is 30.3 Å². The van der Waals surface area contributed by atoms with E-state index in [0.29, 0.717) is 12.6 Å². The van der Waals surface area contributed by atoms with Crippen LogP contribution in [0.4, 0.5) is 5.69 Å². The molecule has 0 aliphatic carbocycles. The molecule has 1 aliphatic heterocycles. The maximum atomic E-state index is 12.4. The third-order valence-electron chi connectivity index (χ3n) is 4.07. The second-order valence-electron chi connectivity index (χ2n) is 5.42. The van der Waals surface area contributed by atoms with Gasteiger partial charge in [-0.15, -0.1) is 0 Å². The van der Waals surface area contributed by atoms with Crippen LogP contribution in [0.5, 0.6) is 0 Å². The molecule has 4 heteroatoms. The monoisotopic (exact) mass is 276 g/mol. The minimum absolute atomic E-state index is 0.112. The van der Waals surface area contributed by atoms with Crippen molar-refractivity contribution in [1.29, 1.82) is 0 Å². The molecule has 20 heavy (non-hydrogen) atoms. The summed E-state index contributed by atoms with van der Waals surface area (Å²) in [6, 6.07) is 10.1. The van der Waals surface area contributed by atoms with Crippen molar-refractivity contribution in [2.45, 2.75) is 31.7 Å². The summed E-state index contributed by atoms with van der Waals surface area (Å²) in [6.07, 6.45) is 4.19. The van der Waals surface area contributed by atoms with Gasteiger partial charge in [0.1, 0.15) is 0 Å². The zero-order chi connectivity index (χ0) is 14.4. The highest BCUT2D eigenvalue weighted by molar-refractivity contribution is 5.94. The average molecular weight is 276 g/mol. The smallest absolute Gasteiger partial charge is 0.240 e. The molecule has 1 aliphatic rings. The lowest BCUT2D eigenvalue weighted by Gasteiger charge is -2.35. The predicted molar refractivity (Wildman–Crippen MR) is 80.8 cm³/mol. The van der Waals surface area contributed by atoms with E-state index in [4.69, 9.17) is 5.11 Å². The maximum Gasteiger partial charge on any atom is 0.240 e. The summed E-state index contributed by atoms with van der Waals surface area (Å²) >= 11 is 0. The van der Waals surface area contributed by atoms with Crippen molar-refractivity contribution in [3.63, 3.8) is 0 Å². The van der Waals surface area contributed by atoms with Crippen LogP contribution in [0.1, 0.15) is 25.7 Å². The van der Waals surface area contributed by atoms with E-state index in [1.807, 2.05) is 37.4 Å². The van der Waals surface area contributed by atoms with E-state index in [-0.39, 0.29) is 12.5 Å². The molecule has 1 heterocycles. The van der Waals surface area contributed by atoms with E-state index in [1.54, 1.807) is 4.90 Å². The standard InChI is InChI=1S/C16H24N2O2/c1-17(14-7-3-2-4-8-14)16(20)13-18-11-6-5-9-15(18)10-12-19/h2-4,7-8,15,19H,5-6,9-13H2,1H3. The lowest BCUT2D eigenvalue weighted by molar-refractivity contribution is -0.120. The summed E-state index contributed by atoms with van der Waals surface area (Å²) in [6.45, 7) is 1.60. The zero-order valence-corrected chi connectivity index (χ0v) is 12.2. The molecule has 110 valence electrons. The summed E-state index contributed by atoms with van der Waals surface area (Å²) in [4.78, 5) is 16.3. The third-order valence-corrected chi connectivity index (χ3v) is 4.07. The molecule has 2 rings (SSSR count). The fourth-order valence-electron chi connectivity index (χ4n) is 2.82. The van der Waals surface area contributed by atoms with Gasteiger partial charge >= 0.3 is 0 Å². The van der Waals surface area contributed by atoms with Crippen LogP contribution in [0.2, 0.25) is 0 Å². The van der Waals surface area contributed by atoms with E-state index in [1.165, 1.54) is 6.42 Å². The van der Waals surface area contributed by atoms with Crippen LogP contribution >= 0.6 is 0 Å². The first-order valence-electron chi connectivity index (χ1n) is 7.39. The van der Waals surface area contributed by atoms with Crippen molar-refractivity contribution in [2.24, 2.45) is 0 Å². The van der Waals surface area contributed by atoms with Crippen molar-refractivity contribution in [2.75, 3.05) is 31.6 Å². The van der Waals surface area contributed by atoms with Gasteiger partial charge in [-0.2, -0.15) is 0 Å². The molecule has 1 unspecified atom stereocenters. The molecule has 0 spiro atoms. The fraction of sp³-hybridized carbons (Fsp3) is 0.562. The summed E-state index contributed by atoms with van der Waals surface area (Å²) in [7, 11) is 1.82. The largest absolute Gasteiger partial charge is 0.396 e. The summed E-state index contributed by atoms with van der Waals surface area (Å²) in [5, 5.41) is 9.14. The summed E-state index contributed by atoms with van der Waals surface area (Å²) in [5.74, 6) is 0.112. The Morgan fingerprint density at radius 2 is 2.10 bits per heavy atom. The molecule has 0 aromatic heterocycles. The van der Waals surface area contributed by atoms with Crippen LogP contribution in [-0.2, 0) is 4.79 Å². The van der Waals surface area contributed by atoms with Crippen molar-refractivity contribution in [3.8, 4) is 0 Å². The van der Waals surface area contributed by atoms with Gasteiger partial charge in [0.15, 0.2) is 0 Å². The Hall–Kier alpha value is -1.39. The SMILES string of the molecule is CN(C(=O)CN1CCCCC1CCO)c1ccccc1. The Morgan fingerprint density at radius 3 is 2.80 bits per heavy atom. The first kappa shape index (κ1) is 15.0. The van der Waals surface area contributed by atoms with E-state index < -0.39 is 0 Å². The normalized spacial score (nSPS) is 19.8. The van der Waals surface area contributed by atoms with Crippen molar-refractivity contribution in [3.05, 3.63) is 30.3 Å². The highest BCUT2D eigenvalue weighted by atomic mass is 16.3. The Labute approximate surface area is 121 Å². The lowest BCUT2D eigenvalue weighted by atomic mass is 9.99. The molecular weight excluding hydrogens is 252 g/mol. The number of aliphatic hydroxyl groups excluding tert-OH is 1. The second kappa shape index (κ2) is 7.41. The predicted octanol–water partition coefficient (Wildman–Crippen LogP) is 1.89. The number of piperidine rings is 1. The minimum atomic E-state index is 0.112. The number of carbonyl (C=O) groups is 1. The molecule has 1 N–H and O–H groups in total. The van der Waals surface area contributed by atoms with Crippen LogP contribution in [0, 0.1) is 0 Å². The molecule has 0 saturated carbocycles. The van der Waals surface area contributed by atoms with E-state index in [9.17, 15) is 4.79 Å². The van der Waals surface area contributed by atoms with Gasteiger partial charge in [0.25, 0.3) is 0 Å². The first-order chi connectivity index (χ1) is 9.72. The Morgan fingerprint density at radius 1 is 1.35 bits per heavy atom. The quantitative estimate of drug-likeness (QED) is 0.893. The molecule has 0 radical (unpaired) electrons. The van der Waals surface area contributed by atoms with Crippen molar-refractivity contribution in [1.82, 2.24) is 4.90 Å². The average Bonchev–Trinajstić information content (AvgIpc) is 2.49. The van der Waals surface area contributed by atoms with Crippen LogP contribution in [0.3, 0.4) is 0 Å². The minimum Gasteiger partial charge on any atom is -0.396 e. The van der Waals surface area contributed by atoms with E-state index in [2.05, 4.69) is 4.90 Å². The topological polar surface area (TPSA) is 43.8 Å². The molecule has 1 atom stereocenters. The number of para-hydroxylation sites is 1. The molecule has 1 saturated heterocycles. The number of nitrogens with zero attached hydrogens (tertiary/aromatic N) is 2. The zero-order valence-electron chi connectivity index (χ0n) is 12.2. The number of benzene rings is 1. The van der Waals surface area contributed by atoms with Gasteiger partial charge in [0, 0.05) is 25.4 Å². The van der Waals surface area contributed by atoms with Gasteiger partial charge in [-0.1, -0.05) is 24.6 Å². The number of likely N-dealkylation sites (tertiary alicyclic amines) is 1. The first-order valence-corrected chi connectivity index (χ1v) is 7.39. The van der Waals surface area contributed by atoms with E-state index in [0.717, 1.165) is 31.5 Å². The second-order valence-corrected chi connectivity index (χ2v) is 5.42. The molecule has 1 aromatic carbocycles.